The molecule has 0 bridgehead atoms. The molecule has 2 aliphatic heterocycles. The largest absolute Gasteiger partial charge is 0.444 e. The normalized spacial score (nSPS) is 34.4. The maximum Gasteiger partial charge on any atom is 0.410 e. The molecular formula is C27H49FN4O3. The van der Waals surface area contributed by atoms with Gasteiger partial charge in [0, 0.05) is 58.4 Å². The Bertz CT molecular complexity index is 777. The average Bonchev–Trinajstić information content (AvgIpc) is 3.51. The first-order chi connectivity index (χ1) is 16.1. The van der Waals surface area contributed by atoms with Gasteiger partial charge in [0.1, 0.15) is 11.8 Å². The summed E-state index contributed by atoms with van der Waals surface area (Å²) >= 11 is 0. The third-order valence-electron chi connectivity index (χ3n) is 8.41. The molecule has 4 aliphatic rings. The molecule has 0 spiro atoms. The number of amides is 2. The van der Waals surface area contributed by atoms with Crippen molar-refractivity contribution in [2.75, 3.05) is 40.3 Å². The molecule has 202 valence electrons. The lowest BCUT2D eigenvalue weighted by atomic mass is 10.0. The molecule has 2 saturated heterocycles. The van der Waals surface area contributed by atoms with E-state index < -0.39 is 23.9 Å². The van der Waals surface area contributed by atoms with Gasteiger partial charge >= 0.3 is 6.09 Å². The number of hydrogen-bond donors (Lipinski definition) is 0. The Morgan fingerprint density at radius 3 is 1.80 bits per heavy atom. The number of fused-ring (bicyclic) bond motifs is 1. The number of likely N-dealkylation sites (N-methyl/N-ethyl adjacent to an activating group) is 2. The van der Waals surface area contributed by atoms with Gasteiger partial charge in [-0.2, -0.15) is 0 Å². The minimum Gasteiger partial charge on any atom is -0.444 e. The zero-order chi connectivity index (χ0) is 26.5. The van der Waals surface area contributed by atoms with E-state index in [1.54, 1.807) is 27.8 Å². The fourth-order valence-electron chi connectivity index (χ4n) is 5.50. The number of ether oxygens (including phenoxy) is 1. The summed E-state index contributed by atoms with van der Waals surface area (Å²) in [6.45, 7) is 19.4. The molecule has 8 heteroatoms. The van der Waals surface area contributed by atoms with E-state index in [-0.39, 0.29) is 5.41 Å². The number of hydrogen-bond acceptors (Lipinski definition) is 5. The van der Waals surface area contributed by atoms with Gasteiger partial charge in [0.2, 0.25) is 5.91 Å². The topological polar surface area (TPSA) is 56.3 Å². The molecule has 0 aromatic heterocycles. The third-order valence-corrected chi connectivity index (χ3v) is 8.41. The monoisotopic (exact) mass is 496 g/mol. The minimum atomic E-state index is -1.01. The maximum atomic E-state index is 14.0. The highest BCUT2D eigenvalue weighted by atomic mass is 19.1. The number of carbonyl (C=O) groups excluding carboxylic acids is 2. The number of halogens is 1. The van der Waals surface area contributed by atoms with Crippen LogP contribution in [0, 0.1) is 17.3 Å². The van der Waals surface area contributed by atoms with Gasteiger partial charge < -0.3 is 14.5 Å². The van der Waals surface area contributed by atoms with Crippen molar-refractivity contribution in [1.82, 2.24) is 19.6 Å². The number of rotatable bonds is 5. The Morgan fingerprint density at radius 2 is 1.40 bits per heavy atom. The highest BCUT2D eigenvalue weighted by Crippen LogP contribution is 2.76. The standard InChI is InChI=1S/C14H24N2O.C13H25FN2O2/c1-9(2)16-7-10(3)12(8-16)15(4)13(17)14-5-11(14)6-14;1-9(2)16-7-10(14)11(8-16)15(6)12(17)18-13(3,4)5/h9-12H,5-8H2,1-4H3;9-11H,7-8H2,1-6H3. The van der Waals surface area contributed by atoms with Gasteiger partial charge in [-0.3, -0.25) is 14.6 Å². The van der Waals surface area contributed by atoms with Crippen LogP contribution < -0.4 is 0 Å². The van der Waals surface area contributed by atoms with Crippen LogP contribution in [0.25, 0.3) is 0 Å². The second-order valence-corrected chi connectivity index (χ2v) is 13.0. The predicted octanol–water partition coefficient (Wildman–Crippen LogP) is 3.87. The van der Waals surface area contributed by atoms with E-state index in [2.05, 4.69) is 30.6 Å². The van der Waals surface area contributed by atoms with Crippen molar-refractivity contribution in [3.05, 3.63) is 0 Å². The first-order valence-electron chi connectivity index (χ1n) is 13.4. The number of nitrogens with zero attached hydrogens (tertiary/aromatic N) is 4. The molecule has 0 aromatic carbocycles. The molecule has 2 saturated carbocycles. The van der Waals surface area contributed by atoms with Gasteiger partial charge in [0.25, 0.3) is 0 Å². The molecule has 7 nitrogen and oxygen atoms in total. The summed E-state index contributed by atoms with van der Waals surface area (Å²) in [6.07, 6.45) is 0.877. The molecule has 4 fully saturated rings. The van der Waals surface area contributed by atoms with E-state index in [4.69, 9.17) is 4.74 Å². The highest BCUT2D eigenvalue weighted by Gasteiger charge is 2.75. The van der Waals surface area contributed by atoms with E-state index in [9.17, 15) is 14.0 Å². The SMILES string of the molecule is CC(C)N1CC(F)C(N(C)C(=O)OC(C)(C)C)C1.CC1CN(C(C)C)CC1N(C)C(=O)C12CC1C2. The van der Waals surface area contributed by atoms with Crippen LogP contribution in [0.4, 0.5) is 9.18 Å². The summed E-state index contributed by atoms with van der Waals surface area (Å²) in [5.41, 5.74) is -0.410. The molecule has 2 heterocycles. The quantitative estimate of drug-likeness (QED) is 0.578. The number of alkyl halides is 1. The third kappa shape index (κ3) is 6.30. The second kappa shape index (κ2) is 10.2. The summed E-state index contributed by atoms with van der Waals surface area (Å²) in [6, 6.07) is 0.905. The van der Waals surface area contributed by atoms with Gasteiger partial charge in [-0.05, 0) is 73.1 Å². The number of likely N-dealkylation sites (tertiary alicyclic amines) is 2. The molecule has 2 amide bonds. The van der Waals surface area contributed by atoms with Crippen LogP contribution in [0.15, 0.2) is 0 Å². The van der Waals surface area contributed by atoms with Crippen LogP contribution >= 0.6 is 0 Å². The van der Waals surface area contributed by atoms with Crippen molar-refractivity contribution in [2.45, 2.75) is 104 Å². The zero-order valence-corrected chi connectivity index (χ0v) is 23.7. The van der Waals surface area contributed by atoms with Gasteiger partial charge in [-0.1, -0.05) is 6.92 Å². The van der Waals surface area contributed by atoms with Crippen molar-refractivity contribution in [1.29, 1.82) is 0 Å². The summed E-state index contributed by atoms with van der Waals surface area (Å²) in [7, 11) is 3.63. The molecule has 2 aliphatic carbocycles. The van der Waals surface area contributed by atoms with Gasteiger partial charge in [-0.15, -0.1) is 0 Å². The molecular weight excluding hydrogens is 447 g/mol. The maximum absolute atomic E-state index is 14.0. The average molecular weight is 497 g/mol. The Balaban J connectivity index is 0.000000196. The van der Waals surface area contributed by atoms with Crippen LogP contribution in [0.5, 0.6) is 0 Å². The zero-order valence-electron chi connectivity index (χ0n) is 23.7. The fourth-order valence-corrected chi connectivity index (χ4v) is 5.50. The molecule has 4 unspecified atom stereocenters. The van der Waals surface area contributed by atoms with E-state index in [0.717, 1.165) is 19.0 Å². The van der Waals surface area contributed by atoms with Gasteiger partial charge in [0.05, 0.1) is 11.5 Å². The molecule has 0 N–H and O–H groups in total. The fraction of sp³-hybridized carbons (Fsp3) is 0.926. The minimum absolute atomic E-state index is 0.139. The Hall–Kier alpha value is -1.41. The van der Waals surface area contributed by atoms with Crippen LogP contribution in [0.1, 0.15) is 68.2 Å². The summed E-state index contributed by atoms with van der Waals surface area (Å²) in [4.78, 5) is 32.3. The lowest BCUT2D eigenvalue weighted by Gasteiger charge is -2.29. The lowest BCUT2D eigenvalue weighted by Crippen LogP contribution is -2.45. The van der Waals surface area contributed by atoms with Crippen molar-refractivity contribution >= 4 is 12.0 Å². The van der Waals surface area contributed by atoms with Crippen molar-refractivity contribution in [3.63, 3.8) is 0 Å². The molecule has 0 radical (unpaired) electrons. The summed E-state index contributed by atoms with van der Waals surface area (Å²) in [5, 5.41) is 0. The van der Waals surface area contributed by atoms with Crippen molar-refractivity contribution in [2.24, 2.45) is 17.3 Å². The van der Waals surface area contributed by atoms with Gasteiger partial charge in [0.15, 0.2) is 0 Å². The Morgan fingerprint density at radius 1 is 0.914 bits per heavy atom. The number of carbonyl (C=O) groups is 2. The van der Waals surface area contributed by atoms with Crippen LogP contribution in [0.3, 0.4) is 0 Å². The van der Waals surface area contributed by atoms with Crippen LogP contribution in [-0.4, -0.2) is 108 Å². The smallest absolute Gasteiger partial charge is 0.410 e. The van der Waals surface area contributed by atoms with E-state index in [0.29, 0.717) is 43.0 Å². The van der Waals surface area contributed by atoms with Crippen LogP contribution in [-0.2, 0) is 9.53 Å². The van der Waals surface area contributed by atoms with Crippen LogP contribution in [0.2, 0.25) is 0 Å². The Labute approximate surface area is 212 Å². The lowest BCUT2D eigenvalue weighted by molar-refractivity contribution is -0.136. The molecule has 4 atom stereocenters. The summed E-state index contributed by atoms with van der Waals surface area (Å²) in [5.74, 6) is 1.80. The van der Waals surface area contributed by atoms with Crippen molar-refractivity contribution in [3.8, 4) is 0 Å². The molecule has 35 heavy (non-hydrogen) atoms. The highest BCUT2D eigenvalue weighted by molar-refractivity contribution is 5.90. The Kier molecular flexibility index (Phi) is 8.17. The molecule has 0 aromatic rings. The van der Waals surface area contributed by atoms with E-state index in [1.165, 1.54) is 17.7 Å². The molecule has 4 rings (SSSR count). The van der Waals surface area contributed by atoms with E-state index in [1.807, 2.05) is 25.8 Å². The first kappa shape index (κ1) is 28.2. The van der Waals surface area contributed by atoms with Crippen molar-refractivity contribution < 1.29 is 18.7 Å². The predicted molar refractivity (Wildman–Crippen MR) is 137 cm³/mol. The van der Waals surface area contributed by atoms with Gasteiger partial charge in [-0.25, -0.2) is 9.18 Å². The first-order valence-corrected chi connectivity index (χ1v) is 13.4. The second-order valence-electron chi connectivity index (χ2n) is 13.0. The van der Waals surface area contributed by atoms with E-state index >= 15 is 0 Å². The summed E-state index contributed by atoms with van der Waals surface area (Å²) < 4.78 is 19.2.